The number of ether oxygens (including phenoxy) is 1. The molecule has 0 aromatic heterocycles. The summed E-state index contributed by atoms with van der Waals surface area (Å²) in [6.45, 7) is -0.123. The van der Waals surface area contributed by atoms with E-state index >= 15 is 0 Å². The third-order valence-electron chi connectivity index (χ3n) is 0.661. The Morgan fingerprint density at radius 1 is 1.89 bits per heavy atom. The molecule has 5 nitrogen and oxygen atoms in total. The van der Waals surface area contributed by atoms with Gasteiger partial charge >= 0.3 is 5.97 Å². The lowest BCUT2D eigenvalue weighted by Gasteiger charge is -2.01. The van der Waals surface area contributed by atoms with Gasteiger partial charge in [-0.1, -0.05) is 0 Å². The molecule has 0 aliphatic rings. The average molecular weight is 134 g/mol. The van der Waals surface area contributed by atoms with Crippen molar-refractivity contribution in [3.05, 3.63) is 0 Å². The van der Waals surface area contributed by atoms with Crippen LogP contribution < -0.4 is 5.73 Å². The predicted molar refractivity (Wildman–Crippen MR) is 27.6 cm³/mol. The van der Waals surface area contributed by atoms with Crippen molar-refractivity contribution in [3.63, 3.8) is 0 Å². The van der Waals surface area contributed by atoms with Gasteiger partial charge in [0.25, 0.3) is 6.47 Å². The molecular formula is C4H7NO4. The lowest BCUT2D eigenvalue weighted by molar-refractivity contribution is -0.141. The Bertz CT molecular complexity index is 113. The van der Waals surface area contributed by atoms with E-state index in [0.717, 1.165) is 0 Å². The number of carboxylic acids is 1. The highest BCUT2D eigenvalue weighted by Crippen LogP contribution is 1.77. The smallest absolute Gasteiger partial charge is 0.324 e. The molecule has 5 heteroatoms. The molecule has 1 atom stereocenters. The first-order chi connectivity index (χ1) is 4.18. The molecular weight excluding hydrogens is 127 g/mol. The highest BCUT2D eigenvalue weighted by Gasteiger charge is 2.10. The van der Waals surface area contributed by atoms with Crippen LogP contribution in [-0.2, 0) is 14.3 Å². The van der Waals surface area contributed by atoms with Crippen molar-refractivity contribution in [2.24, 2.45) is 5.73 Å². The zero-order valence-corrected chi connectivity index (χ0v) is 4.61. The highest BCUT2D eigenvalue weighted by molar-refractivity contribution is 5.73. The zero-order chi connectivity index (χ0) is 7.28. The molecule has 0 aliphatic heterocycles. The van der Waals surface area contributed by atoms with E-state index in [1.54, 1.807) is 0 Å². The summed E-state index contributed by atoms with van der Waals surface area (Å²) in [4.78, 5) is 19.3. The van der Waals surface area contributed by atoms with E-state index in [-0.39, 0.29) is 13.1 Å². The number of carbonyl (C=O) groups excluding carboxylic acids is 1. The number of rotatable bonds is 4. The third-order valence-corrected chi connectivity index (χ3v) is 0.661. The molecule has 0 bridgehead atoms. The maximum Gasteiger partial charge on any atom is 0.324 e. The van der Waals surface area contributed by atoms with E-state index in [0.29, 0.717) is 0 Å². The molecule has 9 heavy (non-hydrogen) atoms. The van der Waals surface area contributed by atoms with Crippen LogP contribution in [-0.4, -0.2) is 30.2 Å². The van der Waals surface area contributed by atoms with Crippen molar-refractivity contribution in [1.82, 2.24) is 0 Å². The van der Waals surface area contributed by atoms with Gasteiger partial charge in [0.2, 0.25) is 0 Å². The Labute approximate surface area is 51.4 Å². The normalized spacial score (nSPS) is 12.1. The van der Waals surface area contributed by atoms with Gasteiger partial charge < -0.3 is 15.6 Å². The second-order valence-corrected chi connectivity index (χ2v) is 1.37. The summed E-state index contributed by atoms with van der Waals surface area (Å²) in [6.07, 6.45) is 0. The quantitative estimate of drug-likeness (QED) is 0.363. The van der Waals surface area contributed by atoms with Crippen molar-refractivity contribution in [2.45, 2.75) is 6.04 Å². The van der Waals surface area contributed by atoms with Crippen LogP contribution in [0.3, 0.4) is 0 Å². The van der Waals surface area contributed by atoms with Crippen molar-refractivity contribution >= 4 is 12.4 Å². The monoisotopic (exact) mass is 134 g/mol. The van der Waals surface area contributed by atoms with E-state index < -0.39 is 12.0 Å². The maximum absolute atomic E-state index is 9.88. The molecule has 0 rings (SSSR count). The fraction of sp³-hybridized carbons (Fsp3) is 0.500. The Morgan fingerprint density at radius 2 is 2.44 bits per heavy atom. The zero-order valence-electron chi connectivity index (χ0n) is 4.61. The number of nitrogens with two attached hydrogens (primary N) is 1. The first kappa shape index (κ1) is 7.90. The summed E-state index contributed by atoms with van der Waals surface area (Å²) in [5, 5.41) is 8.09. The van der Waals surface area contributed by atoms with Crippen LogP contribution >= 0.6 is 0 Å². The molecule has 52 valence electrons. The summed E-state index contributed by atoms with van der Waals surface area (Å²) < 4.78 is 4.07. The molecule has 0 saturated heterocycles. The van der Waals surface area contributed by atoms with Crippen molar-refractivity contribution in [2.75, 3.05) is 6.61 Å². The van der Waals surface area contributed by atoms with Crippen LogP contribution in [0.4, 0.5) is 0 Å². The van der Waals surface area contributed by atoms with Gasteiger partial charge in [0.1, 0.15) is 12.6 Å². The van der Waals surface area contributed by atoms with E-state index in [1.165, 1.54) is 0 Å². The minimum absolute atomic E-state index is 0.156. The molecule has 0 unspecified atom stereocenters. The van der Waals surface area contributed by atoms with Crippen molar-refractivity contribution in [3.8, 4) is 0 Å². The molecule has 0 aromatic carbocycles. The second-order valence-electron chi connectivity index (χ2n) is 1.37. The van der Waals surface area contributed by atoms with Gasteiger partial charge in [0.05, 0.1) is 0 Å². The average Bonchev–Trinajstić information content (AvgIpc) is 1.82. The van der Waals surface area contributed by atoms with Gasteiger partial charge in [0, 0.05) is 0 Å². The van der Waals surface area contributed by atoms with Gasteiger partial charge in [-0.15, -0.1) is 0 Å². The molecule has 0 saturated carbocycles. The number of hydrogen-bond donors (Lipinski definition) is 2. The first-order valence-corrected chi connectivity index (χ1v) is 2.22. The van der Waals surface area contributed by atoms with Crippen LogP contribution in [0.1, 0.15) is 0 Å². The fourth-order valence-electron chi connectivity index (χ4n) is 0.214. The molecule has 3 N–H and O–H groups in total. The minimum atomic E-state index is -1.18. The Kier molecular flexibility index (Phi) is 3.38. The maximum atomic E-state index is 9.88. The fourth-order valence-corrected chi connectivity index (χ4v) is 0.214. The van der Waals surface area contributed by atoms with Crippen molar-refractivity contribution in [1.29, 1.82) is 0 Å². The number of carbonyl (C=O) groups is 2. The van der Waals surface area contributed by atoms with Crippen LogP contribution in [0.25, 0.3) is 0 Å². The molecule has 0 aliphatic carbocycles. The number of aliphatic carboxylic acids is 1. The molecule has 0 amide bonds. The SMILES string of the molecule is N[13C@@H](COC=O)C(=O)O. The van der Waals surface area contributed by atoms with Crippen LogP contribution in [0.5, 0.6) is 0 Å². The van der Waals surface area contributed by atoms with Gasteiger partial charge in [-0.2, -0.15) is 0 Å². The van der Waals surface area contributed by atoms with Crippen molar-refractivity contribution < 1.29 is 19.4 Å². The predicted octanol–water partition coefficient (Wildman–Crippen LogP) is -1.43. The Morgan fingerprint density at radius 3 is 2.78 bits per heavy atom. The lowest BCUT2D eigenvalue weighted by atomic mass is 10.7. The molecule has 0 aromatic rings. The number of hydrogen-bond acceptors (Lipinski definition) is 4. The first-order valence-electron chi connectivity index (χ1n) is 2.22. The van der Waals surface area contributed by atoms with Gasteiger partial charge in [-0.3, -0.25) is 9.59 Å². The second kappa shape index (κ2) is 3.85. The van der Waals surface area contributed by atoms with Crippen LogP contribution in [0.2, 0.25) is 0 Å². The summed E-state index contributed by atoms with van der Waals surface area (Å²) >= 11 is 0. The Hall–Kier alpha value is -1.10. The van der Waals surface area contributed by atoms with E-state index in [4.69, 9.17) is 10.8 Å². The molecule has 0 fully saturated rings. The third kappa shape index (κ3) is 3.48. The van der Waals surface area contributed by atoms with E-state index in [1.807, 2.05) is 0 Å². The van der Waals surface area contributed by atoms with Crippen LogP contribution in [0.15, 0.2) is 0 Å². The van der Waals surface area contributed by atoms with E-state index in [9.17, 15) is 9.59 Å². The molecule has 0 heterocycles. The van der Waals surface area contributed by atoms with E-state index in [2.05, 4.69) is 4.74 Å². The molecule has 0 radical (unpaired) electrons. The summed E-state index contributed by atoms with van der Waals surface area (Å²) in [7, 11) is 0. The van der Waals surface area contributed by atoms with Crippen LogP contribution in [0, 0.1) is 0 Å². The lowest BCUT2D eigenvalue weighted by Crippen LogP contribution is -2.34. The topological polar surface area (TPSA) is 89.6 Å². The Balaban J connectivity index is 3.37. The summed E-state index contributed by atoms with van der Waals surface area (Å²) in [5.41, 5.74) is 4.92. The largest absolute Gasteiger partial charge is 0.480 e. The van der Waals surface area contributed by atoms with Gasteiger partial charge in [0.15, 0.2) is 0 Å². The highest BCUT2D eigenvalue weighted by atomic mass is 16.5. The summed E-state index contributed by atoms with van der Waals surface area (Å²) in [6, 6.07) is -1.12. The standard InChI is InChI=1S/C4H7NO4/c5-3(4(7)8)1-9-2-6/h2-3H,1,5H2,(H,7,8)/t3-/m0/s1/i3+1. The van der Waals surface area contributed by atoms with Gasteiger partial charge in [-0.05, 0) is 0 Å². The number of carboxylic acid groups (broad SMARTS) is 1. The minimum Gasteiger partial charge on any atom is -0.480 e. The van der Waals surface area contributed by atoms with Gasteiger partial charge in [-0.25, -0.2) is 0 Å². The summed E-state index contributed by atoms with van der Waals surface area (Å²) in [5.74, 6) is -1.18. The molecule has 0 spiro atoms.